The van der Waals surface area contributed by atoms with E-state index in [1.165, 1.54) is 12.0 Å². The van der Waals surface area contributed by atoms with E-state index in [4.69, 9.17) is 5.21 Å². The van der Waals surface area contributed by atoms with Crippen LogP contribution < -0.4 is 0 Å². The Morgan fingerprint density at radius 1 is 1.73 bits per heavy atom. The van der Waals surface area contributed by atoms with Crippen LogP contribution in [0.5, 0.6) is 0 Å². The molecule has 1 atom stereocenters. The van der Waals surface area contributed by atoms with Gasteiger partial charge in [-0.15, -0.1) is 0 Å². The molecule has 0 aliphatic heterocycles. The minimum Gasteiger partial charge on any atom is -0.411 e. The van der Waals surface area contributed by atoms with Crippen LogP contribution in [0.4, 0.5) is 0 Å². The monoisotopic (exact) mass is 153 g/mol. The minimum atomic E-state index is 0.775. The van der Waals surface area contributed by atoms with Crippen molar-refractivity contribution in [2.24, 2.45) is 11.1 Å². The maximum atomic E-state index is 8.50. The van der Waals surface area contributed by atoms with Gasteiger partial charge in [-0.25, -0.2) is 0 Å². The number of oxime groups is 1. The molecule has 0 saturated carbocycles. The third-order valence-corrected chi connectivity index (χ3v) is 2.29. The van der Waals surface area contributed by atoms with Crippen molar-refractivity contribution in [2.45, 2.75) is 33.1 Å². The van der Waals surface area contributed by atoms with Crippen LogP contribution in [0.3, 0.4) is 0 Å². The topological polar surface area (TPSA) is 32.6 Å². The lowest BCUT2D eigenvalue weighted by Gasteiger charge is -2.16. The quantitative estimate of drug-likeness (QED) is 0.350. The van der Waals surface area contributed by atoms with Crippen molar-refractivity contribution in [3.63, 3.8) is 0 Å². The van der Waals surface area contributed by atoms with Crippen LogP contribution in [-0.4, -0.2) is 10.9 Å². The molecule has 1 aliphatic rings. The van der Waals surface area contributed by atoms with Crippen LogP contribution >= 0.6 is 0 Å². The molecule has 0 amide bonds. The van der Waals surface area contributed by atoms with Gasteiger partial charge < -0.3 is 5.21 Å². The Morgan fingerprint density at radius 2 is 2.45 bits per heavy atom. The van der Waals surface area contributed by atoms with E-state index in [2.05, 4.69) is 18.2 Å². The van der Waals surface area contributed by atoms with Gasteiger partial charge in [0.15, 0.2) is 0 Å². The number of rotatable bonds is 1. The second-order valence-electron chi connectivity index (χ2n) is 3.29. The molecule has 0 aromatic carbocycles. The van der Waals surface area contributed by atoms with Crippen molar-refractivity contribution in [2.75, 3.05) is 0 Å². The Labute approximate surface area is 67.6 Å². The zero-order chi connectivity index (χ0) is 8.27. The normalized spacial score (nSPS) is 26.5. The number of allylic oxidation sites excluding steroid dienone is 2. The van der Waals surface area contributed by atoms with Gasteiger partial charge in [0, 0.05) is 0 Å². The van der Waals surface area contributed by atoms with Gasteiger partial charge in [0.1, 0.15) is 0 Å². The molecule has 0 saturated heterocycles. The van der Waals surface area contributed by atoms with E-state index in [0.29, 0.717) is 0 Å². The maximum Gasteiger partial charge on any atom is 0.0793 e. The van der Waals surface area contributed by atoms with E-state index < -0.39 is 0 Å². The molecule has 11 heavy (non-hydrogen) atoms. The number of hydrogen-bond donors (Lipinski definition) is 1. The van der Waals surface area contributed by atoms with Gasteiger partial charge in [-0.2, -0.15) is 0 Å². The molecule has 1 N–H and O–H groups in total. The summed E-state index contributed by atoms with van der Waals surface area (Å²) < 4.78 is 0. The first-order valence-electron chi connectivity index (χ1n) is 4.12. The van der Waals surface area contributed by atoms with E-state index in [9.17, 15) is 0 Å². The van der Waals surface area contributed by atoms with Gasteiger partial charge >= 0.3 is 0 Å². The molecule has 62 valence electrons. The first kappa shape index (κ1) is 8.31. The van der Waals surface area contributed by atoms with Crippen LogP contribution in [-0.2, 0) is 0 Å². The lowest BCUT2D eigenvalue weighted by atomic mass is 9.89. The van der Waals surface area contributed by atoms with E-state index in [0.717, 1.165) is 24.5 Å². The van der Waals surface area contributed by atoms with E-state index in [1.807, 2.05) is 6.92 Å². The summed E-state index contributed by atoms with van der Waals surface area (Å²) in [6.07, 6.45) is 5.60. The standard InChI is InChI=1S/C9H15NO/c1-7-3-5-9(6-4-7)8(2)10-11/h5,7,11H,3-4,6H2,1-2H3/t7-/m0/s1. The first-order valence-corrected chi connectivity index (χ1v) is 4.12. The van der Waals surface area contributed by atoms with Crippen molar-refractivity contribution < 1.29 is 5.21 Å². The van der Waals surface area contributed by atoms with Gasteiger partial charge in [-0.1, -0.05) is 18.2 Å². The first-order chi connectivity index (χ1) is 5.24. The van der Waals surface area contributed by atoms with Gasteiger partial charge in [-0.3, -0.25) is 0 Å². The van der Waals surface area contributed by atoms with E-state index in [1.54, 1.807) is 0 Å². The Morgan fingerprint density at radius 3 is 2.91 bits per heavy atom. The molecule has 2 nitrogen and oxygen atoms in total. The van der Waals surface area contributed by atoms with Crippen molar-refractivity contribution in [1.29, 1.82) is 0 Å². The van der Waals surface area contributed by atoms with Crippen LogP contribution in [0.1, 0.15) is 33.1 Å². The average Bonchev–Trinajstić information content (AvgIpc) is 2.05. The minimum absolute atomic E-state index is 0.775. The Balaban J connectivity index is 2.61. The molecular weight excluding hydrogens is 138 g/mol. The van der Waals surface area contributed by atoms with Crippen LogP contribution in [0, 0.1) is 5.92 Å². The summed E-state index contributed by atoms with van der Waals surface area (Å²) in [4.78, 5) is 0. The molecule has 0 spiro atoms. The van der Waals surface area contributed by atoms with Crippen molar-refractivity contribution in [3.8, 4) is 0 Å². The summed E-state index contributed by atoms with van der Waals surface area (Å²) in [6, 6.07) is 0. The van der Waals surface area contributed by atoms with E-state index in [-0.39, 0.29) is 0 Å². The smallest absolute Gasteiger partial charge is 0.0793 e. The summed E-state index contributed by atoms with van der Waals surface area (Å²) >= 11 is 0. The largest absolute Gasteiger partial charge is 0.411 e. The molecule has 0 fully saturated rings. The SMILES string of the molecule is CC(=NO)C1=CC[C@H](C)CC1. The number of hydrogen-bond acceptors (Lipinski definition) is 2. The lowest BCUT2D eigenvalue weighted by molar-refractivity contribution is 0.318. The van der Waals surface area contributed by atoms with Gasteiger partial charge in [0.05, 0.1) is 5.71 Å². The molecule has 0 aromatic rings. The molecule has 0 aromatic heterocycles. The highest BCUT2D eigenvalue weighted by atomic mass is 16.4. The molecule has 1 rings (SSSR count). The van der Waals surface area contributed by atoms with Crippen LogP contribution in [0.15, 0.2) is 16.8 Å². The fourth-order valence-electron chi connectivity index (χ4n) is 1.36. The van der Waals surface area contributed by atoms with Crippen LogP contribution in [0.2, 0.25) is 0 Å². The van der Waals surface area contributed by atoms with Gasteiger partial charge in [0.2, 0.25) is 0 Å². The maximum absolute atomic E-state index is 8.50. The molecular formula is C9H15NO. The van der Waals surface area contributed by atoms with Crippen LogP contribution in [0.25, 0.3) is 0 Å². The predicted molar refractivity (Wildman–Crippen MR) is 46.0 cm³/mol. The van der Waals surface area contributed by atoms with Crippen molar-refractivity contribution in [1.82, 2.24) is 0 Å². The summed E-state index contributed by atoms with van der Waals surface area (Å²) in [5.74, 6) is 0.797. The lowest BCUT2D eigenvalue weighted by Crippen LogP contribution is -2.06. The zero-order valence-electron chi connectivity index (χ0n) is 7.17. The number of nitrogens with zero attached hydrogens (tertiary/aromatic N) is 1. The fourth-order valence-corrected chi connectivity index (χ4v) is 1.36. The highest BCUT2D eigenvalue weighted by molar-refractivity contribution is 5.97. The molecule has 1 aliphatic carbocycles. The Kier molecular flexibility index (Phi) is 2.69. The third-order valence-electron chi connectivity index (χ3n) is 2.29. The second-order valence-corrected chi connectivity index (χ2v) is 3.29. The van der Waals surface area contributed by atoms with Crippen molar-refractivity contribution in [3.05, 3.63) is 11.6 Å². The molecule has 0 radical (unpaired) electrons. The highest BCUT2D eigenvalue weighted by Crippen LogP contribution is 2.23. The molecule has 0 unspecified atom stereocenters. The summed E-state index contributed by atoms with van der Waals surface area (Å²) in [5, 5.41) is 11.7. The third kappa shape index (κ3) is 2.07. The summed E-state index contributed by atoms with van der Waals surface area (Å²) in [7, 11) is 0. The Hall–Kier alpha value is -0.790. The van der Waals surface area contributed by atoms with E-state index >= 15 is 0 Å². The average molecular weight is 153 g/mol. The molecule has 0 heterocycles. The predicted octanol–water partition coefficient (Wildman–Crippen LogP) is 2.58. The molecule has 0 bridgehead atoms. The molecule has 2 heteroatoms. The van der Waals surface area contributed by atoms with Gasteiger partial charge in [0.25, 0.3) is 0 Å². The highest BCUT2D eigenvalue weighted by Gasteiger charge is 2.11. The second kappa shape index (κ2) is 3.56. The van der Waals surface area contributed by atoms with Crippen molar-refractivity contribution >= 4 is 5.71 Å². The summed E-state index contributed by atoms with van der Waals surface area (Å²) in [6.45, 7) is 4.10. The fraction of sp³-hybridized carbons (Fsp3) is 0.667. The Bertz CT molecular complexity index is 194. The summed E-state index contributed by atoms with van der Waals surface area (Å²) in [5.41, 5.74) is 1.99. The van der Waals surface area contributed by atoms with Gasteiger partial charge in [-0.05, 0) is 37.7 Å². The zero-order valence-corrected chi connectivity index (χ0v) is 7.17.